The fourth-order valence-corrected chi connectivity index (χ4v) is 4.16. The molecule has 1 spiro atoms. The topological polar surface area (TPSA) is 38.8 Å². The monoisotopic (exact) mass is 339 g/mol. The zero-order valence-electron chi connectivity index (χ0n) is 14.7. The van der Waals surface area contributed by atoms with Gasteiger partial charge < -0.3 is 14.4 Å². The summed E-state index contributed by atoms with van der Waals surface area (Å²) in [6, 6.07) is 14.1. The lowest BCUT2D eigenvalue weighted by molar-refractivity contribution is -0.120. The van der Waals surface area contributed by atoms with Crippen molar-refractivity contribution in [1.29, 1.82) is 0 Å². The molecule has 2 fully saturated rings. The molecule has 1 amide bonds. The lowest BCUT2D eigenvalue weighted by atomic mass is 9.79. The van der Waals surface area contributed by atoms with E-state index in [0.29, 0.717) is 19.0 Å². The van der Waals surface area contributed by atoms with Gasteiger partial charge >= 0.3 is 0 Å². The van der Waals surface area contributed by atoms with Crippen LogP contribution in [0.25, 0.3) is 10.8 Å². The second-order valence-corrected chi connectivity index (χ2v) is 7.11. The van der Waals surface area contributed by atoms with Crippen LogP contribution in [-0.4, -0.2) is 49.3 Å². The van der Waals surface area contributed by atoms with E-state index in [4.69, 9.17) is 9.47 Å². The molecule has 0 saturated carbocycles. The summed E-state index contributed by atoms with van der Waals surface area (Å²) in [6.07, 6.45) is 2.09. The molecule has 0 N–H and O–H groups in total. The Morgan fingerprint density at radius 1 is 1.24 bits per heavy atom. The van der Waals surface area contributed by atoms with Gasteiger partial charge in [0.05, 0.1) is 13.1 Å². The van der Waals surface area contributed by atoms with E-state index in [-0.39, 0.29) is 11.5 Å². The van der Waals surface area contributed by atoms with E-state index >= 15 is 0 Å². The van der Waals surface area contributed by atoms with Gasteiger partial charge in [-0.15, -0.1) is 0 Å². The molecule has 0 unspecified atom stereocenters. The molecule has 0 bridgehead atoms. The summed E-state index contributed by atoms with van der Waals surface area (Å²) in [4.78, 5) is 14.7. The van der Waals surface area contributed by atoms with Gasteiger partial charge in [0.25, 0.3) is 5.91 Å². The predicted octanol–water partition coefficient (Wildman–Crippen LogP) is 3.50. The van der Waals surface area contributed by atoms with Crippen LogP contribution in [0.15, 0.2) is 42.5 Å². The summed E-state index contributed by atoms with van der Waals surface area (Å²) < 4.78 is 11.6. The van der Waals surface area contributed by atoms with Crippen LogP contribution in [0.2, 0.25) is 0 Å². The van der Waals surface area contributed by atoms with Crippen molar-refractivity contribution >= 4 is 16.7 Å². The first-order valence-corrected chi connectivity index (χ1v) is 9.22. The van der Waals surface area contributed by atoms with Crippen LogP contribution in [0.1, 0.15) is 30.1 Å². The minimum absolute atomic E-state index is 0.107. The lowest BCUT2D eigenvalue weighted by Gasteiger charge is -2.50. The summed E-state index contributed by atoms with van der Waals surface area (Å²) in [5, 5.41) is 2.27. The number of carbonyl (C=O) groups excluding carboxylic acids is 1. The van der Waals surface area contributed by atoms with Gasteiger partial charge in [0, 0.05) is 25.4 Å². The molecule has 0 aromatic heterocycles. The van der Waals surface area contributed by atoms with Crippen LogP contribution in [0, 0.1) is 5.92 Å². The highest BCUT2D eigenvalue weighted by molar-refractivity contribution is 5.99. The smallest absolute Gasteiger partial charge is 0.254 e. The summed E-state index contributed by atoms with van der Waals surface area (Å²) in [5.41, 5.74) is 0.626. The Kier molecular flexibility index (Phi) is 4.48. The number of nitrogens with zero attached hydrogens (tertiary/aromatic N) is 1. The van der Waals surface area contributed by atoms with E-state index in [1.54, 1.807) is 0 Å². The Balaban J connectivity index is 1.42. The van der Waals surface area contributed by atoms with E-state index in [2.05, 4.69) is 6.07 Å². The minimum Gasteiger partial charge on any atom is -0.382 e. The highest BCUT2D eigenvalue weighted by atomic mass is 16.5. The Morgan fingerprint density at radius 2 is 2.04 bits per heavy atom. The van der Waals surface area contributed by atoms with Crippen LogP contribution < -0.4 is 0 Å². The van der Waals surface area contributed by atoms with Crippen molar-refractivity contribution < 1.29 is 14.3 Å². The minimum atomic E-state index is -0.135. The average molecular weight is 339 g/mol. The molecule has 2 aromatic rings. The SMILES string of the molecule is CCOCC[C@@H]1CCOC12CN(C(=O)c1ccc3ccccc3c1)C2. The molecule has 0 aliphatic carbocycles. The number of carbonyl (C=O) groups is 1. The van der Waals surface area contributed by atoms with E-state index in [9.17, 15) is 4.79 Å². The number of benzene rings is 2. The maximum Gasteiger partial charge on any atom is 0.254 e. The first kappa shape index (κ1) is 16.6. The largest absolute Gasteiger partial charge is 0.382 e. The molecule has 2 aliphatic heterocycles. The van der Waals surface area contributed by atoms with Crippen LogP contribution >= 0.6 is 0 Å². The summed E-state index contributed by atoms with van der Waals surface area (Å²) in [6.45, 7) is 5.77. The highest BCUT2D eigenvalue weighted by Crippen LogP contribution is 2.42. The molecule has 0 radical (unpaired) electrons. The van der Waals surface area contributed by atoms with E-state index < -0.39 is 0 Å². The number of ether oxygens (including phenoxy) is 2. The molecule has 2 heterocycles. The van der Waals surface area contributed by atoms with Gasteiger partial charge in [0.15, 0.2) is 0 Å². The zero-order chi connectivity index (χ0) is 17.3. The van der Waals surface area contributed by atoms with Gasteiger partial charge in [0.1, 0.15) is 5.60 Å². The number of likely N-dealkylation sites (tertiary alicyclic amines) is 1. The number of hydrogen-bond donors (Lipinski definition) is 0. The van der Waals surface area contributed by atoms with E-state index in [1.165, 1.54) is 0 Å². The van der Waals surface area contributed by atoms with Crippen molar-refractivity contribution in [1.82, 2.24) is 4.90 Å². The molecular formula is C21H25NO3. The lowest BCUT2D eigenvalue weighted by Crippen LogP contribution is -2.66. The van der Waals surface area contributed by atoms with Gasteiger partial charge in [-0.25, -0.2) is 0 Å². The number of fused-ring (bicyclic) bond motifs is 1. The van der Waals surface area contributed by atoms with Crippen molar-refractivity contribution in [2.75, 3.05) is 32.9 Å². The van der Waals surface area contributed by atoms with Crippen LogP contribution in [-0.2, 0) is 9.47 Å². The molecule has 2 saturated heterocycles. The normalized spacial score (nSPS) is 21.6. The van der Waals surface area contributed by atoms with E-state index in [1.807, 2.05) is 48.2 Å². The van der Waals surface area contributed by atoms with Crippen molar-refractivity contribution in [2.45, 2.75) is 25.4 Å². The van der Waals surface area contributed by atoms with Gasteiger partial charge in [-0.1, -0.05) is 30.3 Å². The number of amides is 1. The molecule has 132 valence electrons. The molecule has 4 nitrogen and oxygen atoms in total. The van der Waals surface area contributed by atoms with Crippen molar-refractivity contribution in [3.63, 3.8) is 0 Å². The quantitative estimate of drug-likeness (QED) is 0.783. The van der Waals surface area contributed by atoms with Crippen LogP contribution in [0.3, 0.4) is 0 Å². The zero-order valence-corrected chi connectivity index (χ0v) is 14.7. The fraction of sp³-hybridized carbons (Fsp3) is 0.476. The van der Waals surface area contributed by atoms with E-state index in [0.717, 1.165) is 49.0 Å². The third kappa shape index (κ3) is 3.05. The van der Waals surface area contributed by atoms with Gasteiger partial charge in [-0.2, -0.15) is 0 Å². The second kappa shape index (κ2) is 6.77. The molecular weight excluding hydrogens is 314 g/mol. The Bertz CT molecular complexity index is 767. The molecule has 2 aliphatic rings. The molecule has 25 heavy (non-hydrogen) atoms. The molecule has 4 rings (SSSR count). The summed E-state index contributed by atoms with van der Waals surface area (Å²) in [5.74, 6) is 0.607. The third-order valence-electron chi connectivity index (χ3n) is 5.62. The van der Waals surface area contributed by atoms with Crippen LogP contribution in [0.5, 0.6) is 0 Å². The molecule has 2 aromatic carbocycles. The van der Waals surface area contributed by atoms with Crippen molar-refractivity contribution in [3.05, 3.63) is 48.0 Å². The third-order valence-corrected chi connectivity index (χ3v) is 5.62. The second-order valence-electron chi connectivity index (χ2n) is 7.11. The first-order valence-electron chi connectivity index (χ1n) is 9.22. The highest BCUT2D eigenvalue weighted by Gasteiger charge is 2.54. The Labute approximate surface area is 148 Å². The first-order chi connectivity index (χ1) is 12.2. The molecule has 1 atom stereocenters. The van der Waals surface area contributed by atoms with Crippen molar-refractivity contribution in [3.8, 4) is 0 Å². The van der Waals surface area contributed by atoms with Crippen molar-refractivity contribution in [2.24, 2.45) is 5.92 Å². The summed E-state index contributed by atoms with van der Waals surface area (Å²) in [7, 11) is 0. The average Bonchev–Trinajstić information content (AvgIpc) is 3.03. The maximum absolute atomic E-state index is 12.8. The predicted molar refractivity (Wildman–Crippen MR) is 97.8 cm³/mol. The summed E-state index contributed by atoms with van der Waals surface area (Å²) >= 11 is 0. The maximum atomic E-state index is 12.8. The van der Waals surface area contributed by atoms with Gasteiger partial charge in [0.2, 0.25) is 0 Å². The standard InChI is InChI=1S/C21H25NO3/c1-2-24-11-9-19-10-12-25-21(19)14-22(15-21)20(23)18-8-7-16-5-3-4-6-17(16)13-18/h3-8,13,19H,2,9-12,14-15H2,1H3/t19-/m1/s1. The molecule has 4 heteroatoms. The van der Waals surface area contributed by atoms with Gasteiger partial charge in [-0.05, 0) is 48.6 Å². The Morgan fingerprint density at radius 3 is 2.84 bits per heavy atom. The van der Waals surface area contributed by atoms with Crippen LogP contribution in [0.4, 0.5) is 0 Å². The Hall–Kier alpha value is -1.91. The fourth-order valence-electron chi connectivity index (χ4n) is 4.16. The number of hydrogen-bond acceptors (Lipinski definition) is 3. The van der Waals surface area contributed by atoms with Gasteiger partial charge in [-0.3, -0.25) is 4.79 Å². The number of rotatable bonds is 5.